The molecule has 2 unspecified atom stereocenters. The second-order valence-electron chi connectivity index (χ2n) is 4.01. The van der Waals surface area contributed by atoms with Crippen LogP contribution >= 0.6 is 0 Å². The zero-order valence-electron chi connectivity index (χ0n) is 9.52. The lowest BCUT2D eigenvalue weighted by atomic mass is 10.1. The first-order chi connectivity index (χ1) is 7.95. The van der Waals surface area contributed by atoms with E-state index < -0.39 is 36.7 Å². The van der Waals surface area contributed by atoms with Crippen LogP contribution in [0.4, 0.5) is 0 Å². The van der Waals surface area contributed by atoms with Gasteiger partial charge >= 0.3 is 5.97 Å². The average molecular weight is 250 g/mol. The average Bonchev–Trinajstić information content (AvgIpc) is 2.28. The minimum Gasteiger partial charge on any atom is -0.481 e. The Morgan fingerprint density at radius 1 is 1.41 bits per heavy atom. The van der Waals surface area contributed by atoms with E-state index in [9.17, 15) is 20.1 Å². The van der Waals surface area contributed by atoms with Crippen molar-refractivity contribution in [3.63, 3.8) is 0 Å². The van der Waals surface area contributed by atoms with Gasteiger partial charge in [0.1, 0.15) is 18.3 Å². The number of carboxylic acids is 1. The van der Waals surface area contributed by atoms with Crippen molar-refractivity contribution in [3.8, 4) is 0 Å². The van der Waals surface area contributed by atoms with Gasteiger partial charge in [0.15, 0.2) is 6.29 Å². The SMILES string of the molecule is CCC(CC(=O)O)OC1OC[C@@H](O)[C@H](O)[C@H]1O. The van der Waals surface area contributed by atoms with E-state index in [1.54, 1.807) is 6.92 Å². The molecule has 0 aromatic rings. The summed E-state index contributed by atoms with van der Waals surface area (Å²) >= 11 is 0. The predicted molar refractivity (Wildman–Crippen MR) is 55.2 cm³/mol. The summed E-state index contributed by atoms with van der Waals surface area (Å²) in [7, 11) is 0. The number of aliphatic hydroxyl groups excluding tert-OH is 3. The van der Waals surface area contributed by atoms with E-state index in [0.29, 0.717) is 6.42 Å². The summed E-state index contributed by atoms with van der Waals surface area (Å²) in [5, 5.41) is 36.8. The van der Waals surface area contributed by atoms with Gasteiger partial charge in [-0.05, 0) is 6.42 Å². The van der Waals surface area contributed by atoms with Gasteiger partial charge < -0.3 is 29.9 Å². The summed E-state index contributed by atoms with van der Waals surface area (Å²) in [5.41, 5.74) is 0. The maximum absolute atomic E-state index is 10.5. The van der Waals surface area contributed by atoms with Crippen LogP contribution in [0, 0.1) is 0 Å². The van der Waals surface area contributed by atoms with E-state index >= 15 is 0 Å². The third-order valence-corrected chi connectivity index (χ3v) is 2.64. The highest BCUT2D eigenvalue weighted by molar-refractivity contribution is 5.67. The quantitative estimate of drug-likeness (QED) is 0.479. The summed E-state index contributed by atoms with van der Waals surface area (Å²) in [6.07, 6.45) is -5.38. The molecule has 0 aromatic carbocycles. The summed E-state index contributed by atoms with van der Waals surface area (Å²) in [6.45, 7) is 1.58. The third-order valence-electron chi connectivity index (χ3n) is 2.64. The fourth-order valence-corrected chi connectivity index (χ4v) is 1.57. The molecule has 1 saturated heterocycles. The molecule has 0 radical (unpaired) electrons. The van der Waals surface area contributed by atoms with Crippen LogP contribution in [0.2, 0.25) is 0 Å². The van der Waals surface area contributed by atoms with Crippen molar-refractivity contribution in [1.82, 2.24) is 0 Å². The van der Waals surface area contributed by atoms with Crippen LogP contribution in [-0.2, 0) is 14.3 Å². The number of hydrogen-bond donors (Lipinski definition) is 4. The molecule has 0 aromatic heterocycles. The van der Waals surface area contributed by atoms with E-state index in [4.69, 9.17) is 14.6 Å². The first kappa shape index (κ1) is 14.3. The lowest BCUT2D eigenvalue weighted by Gasteiger charge is -2.36. The van der Waals surface area contributed by atoms with Crippen LogP contribution in [0.5, 0.6) is 0 Å². The fraction of sp³-hybridized carbons (Fsp3) is 0.900. The van der Waals surface area contributed by atoms with Crippen molar-refractivity contribution in [2.24, 2.45) is 0 Å². The Morgan fingerprint density at radius 3 is 2.59 bits per heavy atom. The van der Waals surface area contributed by atoms with Crippen molar-refractivity contribution in [3.05, 3.63) is 0 Å². The number of hydrogen-bond acceptors (Lipinski definition) is 6. The number of rotatable bonds is 5. The second kappa shape index (κ2) is 6.27. The summed E-state index contributed by atoms with van der Waals surface area (Å²) < 4.78 is 10.3. The van der Waals surface area contributed by atoms with Gasteiger partial charge in [0, 0.05) is 0 Å². The van der Waals surface area contributed by atoms with E-state index in [1.165, 1.54) is 0 Å². The van der Waals surface area contributed by atoms with Crippen molar-refractivity contribution in [1.29, 1.82) is 0 Å². The summed E-state index contributed by atoms with van der Waals surface area (Å²) in [6, 6.07) is 0. The maximum atomic E-state index is 10.5. The number of carbonyl (C=O) groups is 1. The molecule has 100 valence electrons. The Morgan fingerprint density at radius 2 is 2.06 bits per heavy atom. The van der Waals surface area contributed by atoms with Gasteiger partial charge in [-0.25, -0.2) is 0 Å². The summed E-state index contributed by atoms with van der Waals surface area (Å²) in [5.74, 6) is -1.01. The Kier molecular flexibility index (Phi) is 5.29. The highest BCUT2D eigenvalue weighted by atomic mass is 16.7. The van der Waals surface area contributed by atoms with E-state index in [2.05, 4.69) is 0 Å². The molecule has 1 rings (SSSR count). The largest absolute Gasteiger partial charge is 0.481 e. The lowest BCUT2D eigenvalue weighted by molar-refractivity contribution is -0.282. The molecule has 1 heterocycles. The van der Waals surface area contributed by atoms with Crippen LogP contribution in [0.25, 0.3) is 0 Å². The second-order valence-corrected chi connectivity index (χ2v) is 4.01. The van der Waals surface area contributed by atoms with Gasteiger partial charge in [0.25, 0.3) is 0 Å². The number of ether oxygens (including phenoxy) is 2. The van der Waals surface area contributed by atoms with Gasteiger partial charge in [0.05, 0.1) is 19.1 Å². The Labute approximate surface area is 98.6 Å². The topological polar surface area (TPSA) is 116 Å². The van der Waals surface area contributed by atoms with E-state index in [0.717, 1.165) is 0 Å². The molecule has 1 fully saturated rings. The van der Waals surface area contributed by atoms with Crippen molar-refractivity contribution >= 4 is 5.97 Å². The highest BCUT2D eigenvalue weighted by Gasteiger charge is 2.39. The van der Waals surface area contributed by atoms with Crippen LogP contribution in [0.1, 0.15) is 19.8 Å². The van der Waals surface area contributed by atoms with Crippen molar-refractivity contribution in [2.45, 2.75) is 50.5 Å². The minimum atomic E-state index is -1.39. The third kappa shape index (κ3) is 3.90. The molecular weight excluding hydrogens is 232 g/mol. The molecule has 1 aliphatic rings. The predicted octanol–water partition coefficient (Wildman–Crippen LogP) is -1.30. The zero-order valence-corrected chi connectivity index (χ0v) is 9.52. The first-order valence-electron chi connectivity index (χ1n) is 5.48. The first-order valence-corrected chi connectivity index (χ1v) is 5.48. The molecule has 17 heavy (non-hydrogen) atoms. The normalized spacial score (nSPS) is 35.5. The van der Waals surface area contributed by atoms with Gasteiger partial charge in [0.2, 0.25) is 0 Å². The Bertz CT molecular complexity index is 257. The molecule has 4 N–H and O–H groups in total. The smallest absolute Gasteiger partial charge is 0.305 e. The van der Waals surface area contributed by atoms with E-state index in [1.807, 2.05) is 0 Å². The molecule has 0 spiro atoms. The number of carboxylic acid groups (broad SMARTS) is 1. The molecular formula is C10H18O7. The maximum Gasteiger partial charge on any atom is 0.305 e. The molecule has 5 atom stereocenters. The molecule has 0 aliphatic carbocycles. The monoisotopic (exact) mass is 250 g/mol. The molecule has 1 aliphatic heterocycles. The van der Waals surface area contributed by atoms with Crippen LogP contribution in [-0.4, -0.2) is 63.7 Å². The van der Waals surface area contributed by atoms with Crippen molar-refractivity contribution in [2.75, 3.05) is 6.61 Å². The standard InChI is InChI=1S/C10H18O7/c1-2-5(3-7(12)13)17-10-9(15)8(14)6(11)4-16-10/h5-6,8-11,14-15H,2-4H2,1H3,(H,12,13)/t5?,6-,8+,9-,10?/m1/s1. The minimum absolute atomic E-state index is 0.160. The van der Waals surface area contributed by atoms with Crippen LogP contribution in [0.15, 0.2) is 0 Å². The molecule has 0 saturated carbocycles. The Hall–Kier alpha value is -0.730. The van der Waals surface area contributed by atoms with Gasteiger partial charge in [-0.3, -0.25) is 4.79 Å². The zero-order chi connectivity index (χ0) is 13.0. The molecule has 7 nitrogen and oxygen atoms in total. The van der Waals surface area contributed by atoms with Crippen molar-refractivity contribution < 1.29 is 34.7 Å². The molecule has 7 heteroatoms. The van der Waals surface area contributed by atoms with Gasteiger partial charge in [-0.15, -0.1) is 0 Å². The highest BCUT2D eigenvalue weighted by Crippen LogP contribution is 2.19. The van der Waals surface area contributed by atoms with Gasteiger partial charge in [-0.1, -0.05) is 6.92 Å². The lowest BCUT2D eigenvalue weighted by Crippen LogP contribution is -2.54. The Balaban J connectivity index is 2.52. The number of aliphatic hydroxyl groups is 3. The number of aliphatic carboxylic acids is 1. The van der Waals surface area contributed by atoms with E-state index in [-0.39, 0.29) is 13.0 Å². The van der Waals surface area contributed by atoms with Gasteiger partial charge in [-0.2, -0.15) is 0 Å². The molecule has 0 amide bonds. The fourth-order valence-electron chi connectivity index (χ4n) is 1.57. The summed E-state index contributed by atoms with van der Waals surface area (Å²) in [4.78, 5) is 10.5. The van der Waals surface area contributed by atoms with Crippen LogP contribution < -0.4 is 0 Å². The molecule has 0 bridgehead atoms. The van der Waals surface area contributed by atoms with Crippen LogP contribution in [0.3, 0.4) is 0 Å².